The van der Waals surface area contributed by atoms with Gasteiger partial charge >= 0.3 is 0 Å². The summed E-state index contributed by atoms with van der Waals surface area (Å²) in [5.41, 5.74) is 1.30. The lowest BCUT2D eigenvalue weighted by atomic mass is 9.88. The lowest BCUT2D eigenvalue weighted by molar-refractivity contribution is -0.0532. The van der Waals surface area contributed by atoms with E-state index in [9.17, 15) is 4.39 Å². The Morgan fingerprint density at radius 3 is 3.08 bits per heavy atom. The molecule has 0 saturated carbocycles. The van der Waals surface area contributed by atoms with Crippen molar-refractivity contribution in [1.82, 2.24) is 14.9 Å². The molecule has 24 heavy (non-hydrogen) atoms. The van der Waals surface area contributed by atoms with Gasteiger partial charge in [0.1, 0.15) is 0 Å². The van der Waals surface area contributed by atoms with Crippen LogP contribution in [0.5, 0.6) is 0 Å². The van der Waals surface area contributed by atoms with E-state index < -0.39 is 5.82 Å². The molecular weight excluding hydrogens is 327 g/mol. The molecule has 0 amide bonds. The van der Waals surface area contributed by atoms with E-state index in [2.05, 4.69) is 37.0 Å². The van der Waals surface area contributed by atoms with Gasteiger partial charge in [0.25, 0.3) is 0 Å². The monoisotopic (exact) mass is 348 g/mol. The first kappa shape index (κ1) is 15.9. The molecule has 0 bridgehead atoms. The number of likely N-dealkylation sites (tertiary alicyclic amines) is 1. The van der Waals surface area contributed by atoms with Crippen LogP contribution in [-0.2, 0) is 11.3 Å². The lowest BCUT2D eigenvalue weighted by Gasteiger charge is -2.39. The zero-order valence-corrected chi connectivity index (χ0v) is 14.3. The molecule has 2 atom stereocenters. The van der Waals surface area contributed by atoms with E-state index >= 15 is 0 Å². The summed E-state index contributed by atoms with van der Waals surface area (Å²) >= 11 is 1.75. The smallest absolute Gasteiger partial charge is 0.223 e. The third kappa shape index (κ3) is 3.58. The SMILES string of the molecule is Fc1cnc(N[C@H]2CO[C@]3(CCCN(Cc4ccsc4)C3)C2)nc1. The quantitative estimate of drug-likeness (QED) is 0.921. The van der Waals surface area contributed by atoms with Crippen LogP contribution in [0.3, 0.4) is 0 Å². The van der Waals surface area contributed by atoms with Crippen molar-refractivity contribution in [3.05, 3.63) is 40.6 Å². The van der Waals surface area contributed by atoms with Crippen LogP contribution in [0.15, 0.2) is 29.2 Å². The van der Waals surface area contributed by atoms with Crippen molar-refractivity contribution in [2.24, 2.45) is 0 Å². The minimum absolute atomic E-state index is 0.0774. The Hall–Kier alpha value is -1.57. The van der Waals surface area contributed by atoms with Crippen molar-refractivity contribution in [3.63, 3.8) is 0 Å². The zero-order valence-electron chi connectivity index (χ0n) is 13.4. The lowest BCUT2D eigenvalue weighted by Crippen LogP contribution is -2.47. The molecule has 2 saturated heterocycles. The van der Waals surface area contributed by atoms with Crippen LogP contribution < -0.4 is 5.32 Å². The summed E-state index contributed by atoms with van der Waals surface area (Å²) in [5, 5.41) is 7.61. The molecule has 5 nitrogen and oxygen atoms in total. The number of aromatic nitrogens is 2. The second kappa shape index (κ2) is 6.74. The van der Waals surface area contributed by atoms with Crippen molar-refractivity contribution in [2.75, 3.05) is 25.0 Å². The van der Waals surface area contributed by atoms with E-state index in [1.54, 1.807) is 11.3 Å². The van der Waals surface area contributed by atoms with Crippen LogP contribution in [0.25, 0.3) is 0 Å². The van der Waals surface area contributed by atoms with Crippen molar-refractivity contribution >= 4 is 17.3 Å². The van der Waals surface area contributed by atoms with E-state index in [4.69, 9.17) is 4.74 Å². The minimum Gasteiger partial charge on any atom is -0.371 e. The van der Waals surface area contributed by atoms with E-state index in [1.807, 2.05) is 0 Å². The highest BCUT2D eigenvalue weighted by molar-refractivity contribution is 7.07. The van der Waals surface area contributed by atoms with E-state index in [-0.39, 0.29) is 11.6 Å². The normalized spacial score (nSPS) is 27.6. The van der Waals surface area contributed by atoms with Gasteiger partial charge in [0.2, 0.25) is 5.95 Å². The molecule has 2 fully saturated rings. The molecule has 0 aromatic carbocycles. The zero-order chi connectivity index (χ0) is 16.4. The highest BCUT2D eigenvalue weighted by Gasteiger charge is 2.43. The summed E-state index contributed by atoms with van der Waals surface area (Å²) in [6.45, 7) is 3.73. The fourth-order valence-electron chi connectivity index (χ4n) is 3.76. The average Bonchev–Trinajstić information content (AvgIpc) is 3.21. The highest BCUT2D eigenvalue weighted by atomic mass is 32.1. The maximum Gasteiger partial charge on any atom is 0.223 e. The van der Waals surface area contributed by atoms with Gasteiger partial charge in [-0.05, 0) is 41.8 Å². The highest BCUT2D eigenvalue weighted by Crippen LogP contribution is 2.36. The Morgan fingerprint density at radius 2 is 2.29 bits per heavy atom. The predicted octanol–water partition coefficient (Wildman–Crippen LogP) is 2.91. The first-order valence-corrected chi connectivity index (χ1v) is 9.27. The first-order valence-electron chi connectivity index (χ1n) is 8.32. The number of piperidine rings is 1. The van der Waals surface area contributed by atoms with Crippen LogP contribution in [0.2, 0.25) is 0 Å². The minimum atomic E-state index is -0.420. The molecular formula is C17H21FN4OS. The van der Waals surface area contributed by atoms with E-state index in [0.29, 0.717) is 12.6 Å². The molecule has 0 aliphatic carbocycles. The largest absolute Gasteiger partial charge is 0.371 e. The van der Waals surface area contributed by atoms with Gasteiger partial charge in [0.15, 0.2) is 5.82 Å². The summed E-state index contributed by atoms with van der Waals surface area (Å²) in [7, 11) is 0. The van der Waals surface area contributed by atoms with Crippen LogP contribution in [0, 0.1) is 5.82 Å². The molecule has 0 radical (unpaired) electrons. The molecule has 2 aliphatic rings. The van der Waals surface area contributed by atoms with Crippen molar-refractivity contribution in [1.29, 1.82) is 0 Å². The number of anilines is 1. The third-order valence-corrected chi connectivity index (χ3v) is 5.50. The van der Waals surface area contributed by atoms with Gasteiger partial charge in [-0.25, -0.2) is 14.4 Å². The van der Waals surface area contributed by atoms with Gasteiger partial charge in [0, 0.05) is 19.5 Å². The van der Waals surface area contributed by atoms with E-state index in [0.717, 1.165) is 38.9 Å². The molecule has 2 aromatic rings. The van der Waals surface area contributed by atoms with Gasteiger partial charge in [0.05, 0.1) is 30.6 Å². The number of nitrogens with zero attached hydrogens (tertiary/aromatic N) is 3. The maximum absolute atomic E-state index is 12.9. The van der Waals surface area contributed by atoms with Gasteiger partial charge < -0.3 is 10.1 Å². The molecule has 0 unspecified atom stereocenters. The summed E-state index contributed by atoms with van der Waals surface area (Å²) in [5.74, 6) is 0.0454. The van der Waals surface area contributed by atoms with Crippen LogP contribution >= 0.6 is 11.3 Å². The van der Waals surface area contributed by atoms with Crippen LogP contribution in [0.4, 0.5) is 10.3 Å². The molecule has 7 heteroatoms. The molecule has 128 valence electrons. The topological polar surface area (TPSA) is 50.3 Å². The summed E-state index contributed by atoms with van der Waals surface area (Å²) < 4.78 is 19.1. The van der Waals surface area contributed by atoms with Crippen LogP contribution in [-0.4, -0.2) is 46.2 Å². The second-order valence-electron chi connectivity index (χ2n) is 6.71. The molecule has 1 N–H and O–H groups in total. The average molecular weight is 348 g/mol. The van der Waals surface area contributed by atoms with Crippen molar-refractivity contribution in [3.8, 4) is 0 Å². The molecule has 4 rings (SSSR count). The Bertz CT molecular complexity index is 666. The van der Waals surface area contributed by atoms with Gasteiger partial charge in [-0.15, -0.1) is 0 Å². The fraction of sp³-hybridized carbons (Fsp3) is 0.529. The molecule has 2 aromatic heterocycles. The Kier molecular flexibility index (Phi) is 4.47. The van der Waals surface area contributed by atoms with Gasteiger partial charge in [-0.1, -0.05) is 0 Å². The standard InChI is InChI=1S/C17H21FN4OS/c18-14-7-19-16(20-8-14)21-15-6-17(23-10-15)3-1-4-22(12-17)9-13-2-5-24-11-13/h2,5,7-8,11,15H,1,3-4,6,9-10,12H2,(H,19,20,21)/t15-,17-/m1/s1. The Morgan fingerprint density at radius 1 is 1.42 bits per heavy atom. The number of rotatable bonds is 4. The first-order chi connectivity index (χ1) is 11.7. The number of halogens is 1. The number of hydrogen-bond donors (Lipinski definition) is 1. The summed E-state index contributed by atoms with van der Waals surface area (Å²) in [6.07, 6.45) is 5.56. The van der Waals surface area contributed by atoms with Gasteiger partial charge in [-0.2, -0.15) is 11.3 Å². The van der Waals surface area contributed by atoms with E-state index in [1.165, 1.54) is 18.0 Å². The summed E-state index contributed by atoms with van der Waals surface area (Å²) in [4.78, 5) is 10.4. The number of nitrogens with one attached hydrogen (secondary N) is 1. The maximum atomic E-state index is 12.9. The molecule has 4 heterocycles. The Balaban J connectivity index is 1.36. The number of hydrogen-bond acceptors (Lipinski definition) is 6. The van der Waals surface area contributed by atoms with Crippen LogP contribution in [0.1, 0.15) is 24.8 Å². The number of ether oxygens (including phenoxy) is 1. The summed E-state index contributed by atoms with van der Waals surface area (Å²) in [6, 6.07) is 2.37. The van der Waals surface area contributed by atoms with Crippen molar-refractivity contribution in [2.45, 2.75) is 37.5 Å². The fourth-order valence-corrected chi connectivity index (χ4v) is 4.42. The molecule has 1 spiro atoms. The van der Waals surface area contributed by atoms with Crippen molar-refractivity contribution < 1.29 is 9.13 Å². The Labute approximate surface area is 144 Å². The molecule has 2 aliphatic heterocycles. The number of thiophene rings is 1. The predicted molar refractivity (Wildman–Crippen MR) is 91.5 cm³/mol. The second-order valence-corrected chi connectivity index (χ2v) is 7.49. The van der Waals surface area contributed by atoms with Gasteiger partial charge in [-0.3, -0.25) is 4.90 Å². The third-order valence-electron chi connectivity index (χ3n) is 4.77.